The number of hydrogen-bond donors (Lipinski definition) is 0. The second kappa shape index (κ2) is 9.50. The highest BCUT2D eigenvalue weighted by molar-refractivity contribution is 7.48. The first-order valence-corrected chi connectivity index (χ1v) is 8.88. The second-order valence-electron chi connectivity index (χ2n) is 4.62. The summed E-state index contributed by atoms with van der Waals surface area (Å²) in [6.07, 6.45) is 0.711. The second-order valence-corrected chi connectivity index (χ2v) is 6.21. The van der Waals surface area contributed by atoms with Crippen LogP contribution in [0.4, 0.5) is 0 Å². The molecule has 0 fully saturated rings. The lowest BCUT2D eigenvalue weighted by atomic mass is 10.1. The first-order chi connectivity index (χ1) is 10.9. The van der Waals surface area contributed by atoms with Crippen LogP contribution in [0.1, 0.15) is 39.4 Å². The fourth-order valence-corrected chi connectivity index (χ4v) is 2.99. The zero-order valence-electron chi connectivity index (χ0n) is 13.9. The Hall–Kier alpha value is -1.62. The number of benzene rings is 1. The van der Waals surface area contributed by atoms with Crippen LogP contribution in [0.5, 0.6) is 0 Å². The first kappa shape index (κ1) is 19.4. The molecule has 1 atom stereocenters. The summed E-state index contributed by atoms with van der Waals surface area (Å²) >= 11 is 0. The molecule has 0 aliphatic rings. The maximum atomic E-state index is 12.2. The number of allylic oxidation sites excluding steroid dienone is 1. The van der Waals surface area contributed by atoms with Gasteiger partial charge in [-0.05, 0) is 33.3 Å². The van der Waals surface area contributed by atoms with Gasteiger partial charge in [-0.1, -0.05) is 30.3 Å². The van der Waals surface area contributed by atoms with Gasteiger partial charge in [0.2, 0.25) is 0 Å². The summed E-state index contributed by atoms with van der Waals surface area (Å²) in [6, 6.07) is 9.34. The van der Waals surface area contributed by atoms with Gasteiger partial charge in [0.1, 0.15) is 11.9 Å². The van der Waals surface area contributed by atoms with Crippen LogP contribution in [-0.4, -0.2) is 19.2 Å². The van der Waals surface area contributed by atoms with E-state index in [9.17, 15) is 9.36 Å². The standard InChI is InChI=1S/C16H23O6P/c1-5-19-23(18,20-6-2)22-13(3)12-16(17)21-14(4)15-10-8-7-9-11-15/h7-12,14H,5-6H2,1-4H3/b13-12+. The normalized spacial score (nSPS) is 13.5. The Labute approximate surface area is 137 Å². The molecule has 23 heavy (non-hydrogen) atoms. The third-order valence-corrected chi connectivity index (χ3v) is 4.37. The van der Waals surface area contributed by atoms with Crippen LogP contribution in [-0.2, 0) is 27.7 Å². The highest BCUT2D eigenvalue weighted by Crippen LogP contribution is 2.51. The van der Waals surface area contributed by atoms with E-state index in [1.807, 2.05) is 30.3 Å². The number of phosphoric acid groups is 1. The van der Waals surface area contributed by atoms with Crippen molar-refractivity contribution >= 4 is 13.8 Å². The Morgan fingerprint density at radius 1 is 1.17 bits per heavy atom. The van der Waals surface area contributed by atoms with Crippen LogP contribution in [0, 0.1) is 0 Å². The van der Waals surface area contributed by atoms with E-state index in [-0.39, 0.29) is 19.0 Å². The van der Waals surface area contributed by atoms with E-state index >= 15 is 0 Å². The topological polar surface area (TPSA) is 71.1 Å². The molecule has 0 radical (unpaired) electrons. The number of ether oxygens (including phenoxy) is 1. The van der Waals surface area contributed by atoms with E-state index in [4.69, 9.17) is 18.3 Å². The summed E-state index contributed by atoms with van der Waals surface area (Å²) in [5.74, 6) is -0.501. The highest BCUT2D eigenvalue weighted by Gasteiger charge is 2.27. The Bertz CT molecular complexity index is 559. The van der Waals surface area contributed by atoms with Gasteiger partial charge in [0.05, 0.1) is 19.3 Å². The molecule has 0 aliphatic carbocycles. The molecule has 128 valence electrons. The fraction of sp³-hybridized carbons (Fsp3) is 0.438. The molecule has 0 N–H and O–H groups in total. The van der Waals surface area contributed by atoms with E-state index in [1.165, 1.54) is 6.92 Å². The van der Waals surface area contributed by atoms with Crippen molar-refractivity contribution < 1.29 is 27.7 Å². The van der Waals surface area contributed by atoms with Gasteiger partial charge < -0.3 is 9.26 Å². The van der Waals surface area contributed by atoms with Crippen molar-refractivity contribution in [2.75, 3.05) is 13.2 Å². The lowest BCUT2D eigenvalue weighted by Gasteiger charge is -2.17. The third-order valence-electron chi connectivity index (χ3n) is 2.71. The highest BCUT2D eigenvalue weighted by atomic mass is 31.2. The fourth-order valence-electron chi connectivity index (χ4n) is 1.78. The number of esters is 1. The molecule has 0 amide bonds. The van der Waals surface area contributed by atoms with Crippen molar-refractivity contribution in [3.63, 3.8) is 0 Å². The smallest absolute Gasteiger partial charge is 0.455 e. The minimum Gasteiger partial charge on any atom is -0.455 e. The van der Waals surface area contributed by atoms with E-state index < -0.39 is 19.9 Å². The van der Waals surface area contributed by atoms with Crippen LogP contribution in [0.2, 0.25) is 0 Å². The average Bonchev–Trinajstić information content (AvgIpc) is 2.47. The zero-order valence-corrected chi connectivity index (χ0v) is 14.7. The van der Waals surface area contributed by atoms with Gasteiger partial charge in [-0.25, -0.2) is 9.36 Å². The van der Waals surface area contributed by atoms with Gasteiger partial charge in [0.25, 0.3) is 0 Å². The van der Waals surface area contributed by atoms with E-state index in [0.29, 0.717) is 0 Å². The van der Waals surface area contributed by atoms with Gasteiger partial charge in [0.15, 0.2) is 0 Å². The predicted octanol–water partition coefficient (Wildman–Crippen LogP) is 4.39. The average molecular weight is 342 g/mol. The first-order valence-electron chi connectivity index (χ1n) is 7.42. The van der Waals surface area contributed by atoms with Crippen LogP contribution in [0.25, 0.3) is 0 Å². The van der Waals surface area contributed by atoms with E-state index in [0.717, 1.165) is 11.6 Å². The van der Waals surface area contributed by atoms with Gasteiger partial charge in [0, 0.05) is 0 Å². The minimum atomic E-state index is -3.70. The maximum absolute atomic E-state index is 12.2. The molecular formula is C16H23O6P. The predicted molar refractivity (Wildman–Crippen MR) is 86.6 cm³/mol. The Balaban J connectivity index is 2.66. The van der Waals surface area contributed by atoms with Crippen LogP contribution in [0.3, 0.4) is 0 Å². The van der Waals surface area contributed by atoms with Crippen LogP contribution < -0.4 is 0 Å². The molecule has 0 spiro atoms. The van der Waals surface area contributed by atoms with E-state index in [1.54, 1.807) is 20.8 Å². The summed E-state index contributed by atoms with van der Waals surface area (Å²) in [7, 11) is -3.70. The van der Waals surface area contributed by atoms with Crippen molar-refractivity contribution in [2.24, 2.45) is 0 Å². The molecule has 0 saturated carbocycles. The molecule has 1 rings (SSSR count). The SMILES string of the molecule is CCOP(=O)(OCC)O/C(C)=C/C(=O)OC(C)c1ccccc1. The molecule has 1 aromatic carbocycles. The van der Waals surface area contributed by atoms with Crippen molar-refractivity contribution in [1.29, 1.82) is 0 Å². The summed E-state index contributed by atoms with van der Waals surface area (Å²) in [5, 5.41) is 0. The maximum Gasteiger partial charge on any atom is 0.529 e. The summed E-state index contributed by atoms with van der Waals surface area (Å²) in [5.41, 5.74) is 0.877. The molecular weight excluding hydrogens is 319 g/mol. The quantitative estimate of drug-likeness (QED) is 0.287. The van der Waals surface area contributed by atoms with Crippen LogP contribution in [0.15, 0.2) is 42.2 Å². The molecule has 6 nitrogen and oxygen atoms in total. The van der Waals surface area contributed by atoms with Gasteiger partial charge in [-0.15, -0.1) is 0 Å². The van der Waals surface area contributed by atoms with Gasteiger partial charge >= 0.3 is 13.8 Å². The number of rotatable bonds is 9. The van der Waals surface area contributed by atoms with Gasteiger partial charge in [-0.3, -0.25) is 9.05 Å². The Morgan fingerprint density at radius 2 is 1.74 bits per heavy atom. The summed E-state index contributed by atoms with van der Waals surface area (Å²) < 4.78 is 32.6. The number of carbonyl (C=O) groups excluding carboxylic acids is 1. The Kier molecular flexibility index (Phi) is 8.03. The molecule has 0 aliphatic heterocycles. The van der Waals surface area contributed by atoms with Crippen molar-refractivity contribution in [3.05, 3.63) is 47.7 Å². The molecule has 7 heteroatoms. The van der Waals surface area contributed by atoms with Crippen LogP contribution >= 0.6 is 7.82 Å². The monoisotopic (exact) mass is 342 g/mol. The summed E-state index contributed by atoms with van der Waals surface area (Å²) in [4.78, 5) is 11.9. The number of phosphoric ester groups is 1. The number of carbonyl (C=O) groups is 1. The van der Waals surface area contributed by atoms with Crippen molar-refractivity contribution in [3.8, 4) is 0 Å². The van der Waals surface area contributed by atoms with E-state index in [2.05, 4.69) is 0 Å². The molecule has 1 aromatic rings. The number of hydrogen-bond acceptors (Lipinski definition) is 6. The molecule has 0 saturated heterocycles. The van der Waals surface area contributed by atoms with Gasteiger partial charge in [-0.2, -0.15) is 0 Å². The van der Waals surface area contributed by atoms with Crippen molar-refractivity contribution in [1.82, 2.24) is 0 Å². The molecule has 0 bridgehead atoms. The molecule has 0 aromatic heterocycles. The largest absolute Gasteiger partial charge is 0.529 e. The molecule has 1 unspecified atom stereocenters. The third kappa shape index (κ3) is 6.99. The lowest BCUT2D eigenvalue weighted by molar-refractivity contribution is -0.142. The molecule has 0 heterocycles. The minimum absolute atomic E-state index is 0.0977. The van der Waals surface area contributed by atoms with Crippen molar-refractivity contribution in [2.45, 2.75) is 33.8 Å². The zero-order chi connectivity index (χ0) is 17.3. The lowest BCUT2D eigenvalue weighted by Crippen LogP contribution is -2.07. The Morgan fingerprint density at radius 3 is 2.26 bits per heavy atom. The summed E-state index contributed by atoms with van der Waals surface area (Å²) in [6.45, 7) is 6.93.